The summed E-state index contributed by atoms with van der Waals surface area (Å²) in [5, 5.41) is 0.618. The third-order valence-electron chi connectivity index (χ3n) is 4.43. The van der Waals surface area contributed by atoms with Crippen molar-refractivity contribution in [3.8, 4) is 5.75 Å². The fourth-order valence-electron chi connectivity index (χ4n) is 2.91. The molecule has 1 fully saturated rings. The third kappa shape index (κ3) is 3.67. The molecule has 7 heteroatoms. The second-order valence-corrected chi connectivity index (χ2v) is 7.27. The SMILES string of the molecule is CCN1CCN(C(=O)[C@@H](C)Sc2nc3ccc(OC)cc3[nH]2)CC1. The molecule has 130 valence electrons. The molecule has 0 saturated carbocycles. The maximum Gasteiger partial charge on any atom is 0.235 e. The van der Waals surface area contributed by atoms with Crippen LogP contribution in [0.25, 0.3) is 11.0 Å². The molecule has 1 aliphatic heterocycles. The van der Waals surface area contributed by atoms with Crippen molar-refractivity contribution in [3.63, 3.8) is 0 Å². The predicted molar refractivity (Wildman–Crippen MR) is 96.7 cm³/mol. The van der Waals surface area contributed by atoms with Crippen molar-refractivity contribution >= 4 is 28.7 Å². The summed E-state index contributed by atoms with van der Waals surface area (Å²) in [4.78, 5) is 24.8. The molecule has 0 bridgehead atoms. The van der Waals surface area contributed by atoms with Gasteiger partial charge in [-0.3, -0.25) is 4.79 Å². The number of likely N-dealkylation sites (N-methyl/N-ethyl adjacent to an activating group) is 1. The van der Waals surface area contributed by atoms with Gasteiger partial charge in [0.2, 0.25) is 5.91 Å². The Labute approximate surface area is 146 Å². The van der Waals surface area contributed by atoms with Crippen molar-refractivity contribution in [1.29, 1.82) is 0 Å². The van der Waals surface area contributed by atoms with Crippen LogP contribution in [0.4, 0.5) is 0 Å². The van der Waals surface area contributed by atoms with Crippen LogP contribution < -0.4 is 4.74 Å². The van der Waals surface area contributed by atoms with Crippen molar-refractivity contribution in [3.05, 3.63) is 18.2 Å². The number of aromatic amines is 1. The zero-order valence-electron chi connectivity index (χ0n) is 14.4. The van der Waals surface area contributed by atoms with E-state index in [0.29, 0.717) is 0 Å². The summed E-state index contributed by atoms with van der Waals surface area (Å²) in [7, 11) is 1.65. The molecule has 3 rings (SSSR count). The number of aromatic nitrogens is 2. The van der Waals surface area contributed by atoms with Crippen LogP contribution >= 0.6 is 11.8 Å². The van der Waals surface area contributed by atoms with Crippen molar-refractivity contribution in [2.45, 2.75) is 24.3 Å². The van der Waals surface area contributed by atoms with E-state index in [0.717, 1.165) is 54.7 Å². The monoisotopic (exact) mass is 348 g/mol. The van der Waals surface area contributed by atoms with Crippen LogP contribution in [0.2, 0.25) is 0 Å². The highest BCUT2D eigenvalue weighted by atomic mass is 32.2. The molecule has 0 aliphatic carbocycles. The van der Waals surface area contributed by atoms with Gasteiger partial charge in [-0.05, 0) is 25.6 Å². The number of nitrogens with one attached hydrogen (secondary N) is 1. The molecule has 2 heterocycles. The van der Waals surface area contributed by atoms with Crippen LogP contribution in [0.5, 0.6) is 5.75 Å². The lowest BCUT2D eigenvalue weighted by molar-refractivity contribution is -0.132. The average Bonchev–Trinajstić information content (AvgIpc) is 3.02. The lowest BCUT2D eigenvalue weighted by Gasteiger charge is -2.35. The number of carbonyl (C=O) groups is 1. The standard InChI is InChI=1S/C17H24N4O2S/c1-4-20-7-9-21(10-8-20)16(22)12(2)24-17-18-14-6-5-13(23-3)11-15(14)19-17/h5-6,11-12H,4,7-10H2,1-3H3,(H,18,19)/t12-/m1/s1. The van der Waals surface area contributed by atoms with Crippen LogP contribution in [0, 0.1) is 0 Å². The fourth-order valence-corrected chi connectivity index (χ4v) is 3.81. The Morgan fingerprint density at radius 2 is 2.12 bits per heavy atom. The van der Waals surface area contributed by atoms with Gasteiger partial charge in [0.25, 0.3) is 0 Å². The highest BCUT2D eigenvalue weighted by molar-refractivity contribution is 8.00. The van der Waals surface area contributed by atoms with E-state index in [1.54, 1.807) is 7.11 Å². The van der Waals surface area contributed by atoms with Gasteiger partial charge in [0.1, 0.15) is 5.75 Å². The first-order chi connectivity index (χ1) is 11.6. The molecule has 1 aromatic carbocycles. The number of hydrogen-bond acceptors (Lipinski definition) is 5. The summed E-state index contributed by atoms with van der Waals surface area (Å²) in [6, 6.07) is 5.73. The average molecular weight is 348 g/mol. The van der Waals surface area contributed by atoms with E-state index in [4.69, 9.17) is 4.74 Å². The molecule has 0 radical (unpaired) electrons. The Balaban J connectivity index is 1.63. The Bertz CT molecular complexity index is 710. The number of fused-ring (bicyclic) bond motifs is 1. The fraction of sp³-hybridized carbons (Fsp3) is 0.529. The van der Waals surface area contributed by atoms with Gasteiger partial charge >= 0.3 is 0 Å². The first-order valence-electron chi connectivity index (χ1n) is 8.32. The molecule has 1 atom stereocenters. The molecule has 6 nitrogen and oxygen atoms in total. The predicted octanol–water partition coefficient (Wildman–Crippen LogP) is 2.22. The van der Waals surface area contributed by atoms with Crippen molar-refractivity contribution in [1.82, 2.24) is 19.8 Å². The molecule has 1 saturated heterocycles. The highest BCUT2D eigenvalue weighted by Crippen LogP contribution is 2.26. The van der Waals surface area contributed by atoms with E-state index in [1.165, 1.54) is 11.8 Å². The van der Waals surface area contributed by atoms with Gasteiger partial charge in [-0.25, -0.2) is 4.98 Å². The van der Waals surface area contributed by atoms with E-state index in [-0.39, 0.29) is 11.2 Å². The zero-order chi connectivity index (χ0) is 17.1. The van der Waals surface area contributed by atoms with Crippen molar-refractivity contribution < 1.29 is 9.53 Å². The van der Waals surface area contributed by atoms with Crippen LogP contribution in [-0.2, 0) is 4.79 Å². The lowest BCUT2D eigenvalue weighted by atomic mass is 10.3. The Kier molecular flexibility index (Phi) is 5.30. The Morgan fingerprint density at radius 1 is 1.38 bits per heavy atom. The molecule has 1 amide bonds. The summed E-state index contributed by atoms with van der Waals surface area (Å²) in [6.07, 6.45) is 0. The molecular formula is C17H24N4O2S. The number of benzene rings is 1. The minimum absolute atomic E-state index is 0.152. The number of thioether (sulfide) groups is 1. The van der Waals surface area contributed by atoms with Crippen LogP contribution in [0.1, 0.15) is 13.8 Å². The summed E-state index contributed by atoms with van der Waals surface area (Å²) < 4.78 is 5.23. The number of imidazole rings is 1. The number of nitrogens with zero attached hydrogens (tertiary/aromatic N) is 3. The van der Waals surface area contributed by atoms with Gasteiger partial charge in [-0.15, -0.1) is 0 Å². The second-order valence-electron chi connectivity index (χ2n) is 5.94. The summed E-state index contributed by atoms with van der Waals surface area (Å²) in [5.41, 5.74) is 1.81. The van der Waals surface area contributed by atoms with Gasteiger partial charge in [0.05, 0.1) is 23.4 Å². The van der Waals surface area contributed by atoms with E-state index in [1.807, 2.05) is 30.0 Å². The summed E-state index contributed by atoms with van der Waals surface area (Å²) >= 11 is 1.48. The molecule has 1 N–H and O–H groups in total. The number of rotatable bonds is 5. The number of ether oxygens (including phenoxy) is 1. The van der Waals surface area contributed by atoms with Gasteiger partial charge in [0.15, 0.2) is 5.16 Å². The van der Waals surface area contributed by atoms with Gasteiger partial charge in [-0.1, -0.05) is 18.7 Å². The minimum atomic E-state index is -0.152. The number of piperazine rings is 1. The third-order valence-corrected chi connectivity index (χ3v) is 5.41. The Morgan fingerprint density at radius 3 is 2.79 bits per heavy atom. The minimum Gasteiger partial charge on any atom is -0.497 e. The molecule has 0 spiro atoms. The number of carbonyl (C=O) groups excluding carboxylic acids is 1. The van der Waals surface area contributed by atoms with E-state index < -0.39 is 0 Å². The first kappa shape index (κ1) is 17.1. The van der Waals surface area contributed by atoms with Crippen LogP contribution in [0.15, 0.2) is 23.4 Å². The number of hydrogen-bond donors (Lipinski definition) is 1. The first-order valence-corrected chi connectivity index (χ1v) is 9.20. The van der Waals surface area contributed by atoms with Crippen LogP contribution in [-0.4, -0.2) is 70.8 Å². The Hall–Kier alpha value is -1.73. The molecule has 1 aromatic heterocycles. The highest BCUT2D eigenvalue weighted by Gasteiger charge is 2.25. The van der Waals surface area contributed by atoms with Gasteiger partial charge in [0, 0.05) is 32.2 Å². The maximum atomic E-state index is 12.6. The normalized spacial score (nSPS) is 17.2. The zero-order valence-corrected chi connectivity index (χ0v) is 15.2. The lowest BCUT2D eigenvalue weighted by Crippen LogP contribution is -2.50. The van der Waals surface area contributed by atoms with Crippen LogP contribution in [0.3, 0.4) is 0 Å². The molecule has 24 heavy (non-hydrogen) atoms. The maximum absolute atomic E-state index is 12.6. The molecular weight excluding hydrogens is 324 g/mol. The topological polar surface area (TPSA) is 61.5 Å². The van der Waals surface area contributed by atoms with E-state index >= 15 is 0 Å². The second kappa shape index (κ2) is 7.44. The largest absolute Gasteiger partial charge is 0.497 e. The van der Waals surface area contributed by atoms with E-state index in [2.05, 4.69) is 21.8 Å². The van der Waals surface area contributed by atoms with Crippen molar-refractivity contribution in [2.75, 3.05) is 39.8 Å². The number of H-pyrrole nitrogens is 1. The summed E-state index contributed by atoms with van der Waals surface area (Å²) in [5.74, 6) is 0.981. The number of methoxy groups -OCH3 is 1. The molecule has 0 unspecified atom stereocenters. The summed E-state index contributed by atoms with van der Waals surface area (Å²) in [6.45, 7) is 8.71. The van der Waals surface area contributed by atoms with Crippen molar-refractivity contribution in [2.24, 2.45) is 0 Å². The molecule has 1 aliphatic rings. The molecule has 2 aromatic rings. The van der Waals surface area contributed by atoms with E-state index in [9.17, 15) is 4.79 Å². The quantitative estimate of drug-likeness (QED) is 0.840. The number of amides is 1. The van der Waals surface area contributed by atoms with Gasteiger partial charge < -0.3 is 19.5 Å². The van der Waals surface area contributed by atoms with Gasteiger partial charge in [-0.2, -0.15) is 0 Å². The smallest absolute Gasteiger partial charge is 0.235 e.